The first-order chi connectivity index (χ1) is 11.0. The lowest BCUT2D eigenvalue weighted by atomic mass is 10.1. The van der Waals surface area contributed by atoms with Crippen molar-refractivity contribution < 1.29 is 9.90 Å². The molecule has 1 atom stereocenters. The van der Waals surface area contributed by atoms with E-state index < -0.39 is 6.10 Å². The average molecular weight is 317 g/mol. The SMILES string of the molecule is CC(C)CC(O)CNC(=O)Nc1ccccc1Cn1cncn1. The molecule has 0 aliphatic rings. The number of para-hydroxylation sites is 1. The highest BCUT2D eigenvalue weighted by atomic mass is 16.3. The third-order valence-corrected chi connectivity index (χ3v) is 3.31. The minimum atomic E-state index is -0.536. The molecule has 0 saturated carbocycles. The van der Waals surface area contributed by atoms with E-state index in [9.17, 15) is 9.90 Å². The van der Waals surface area contributed by atoms with Crippen molar-refractivity contribution in [2.45, 2.75) is 32.9 Å². The second-order valence-corrected chi connectivity index (χ2v) is 5.87. The third kappa shape index (κ3) is 5.71. The van der Waals surface area contributed by atoms with Crippen molar-refractivity contribution in [2.24, 2.45) is 5.92 Å². The zero-order chi connectivity index (χ0) is 16.7. The van der Waals surface area contributed by atoms with Gasteiger partial charge < -0.3 is 15.7 Å². The van der Waals surface area contributed by atoms with Gasteiger partial charge in [0, 0.05) is 12.2 Å². The van der Waals surface area contributed by atoms with E-state index >= 15 is 0 Å². The molecule has 0 aliphatic heterocycles. The minimum Gasteiger partial charge on any atom is -0.391 e. The van der Waals surface area contributed by atoms with Crippen LogP contribution in [0, 0.1) is 5.92 Å². The number of nitrogens with zero attached hydrogens (tertiary/aromatic N) is 3. The van der Waals surface area contributed by atoms with Gasteiger partial charge in [0.05, 0.1) is 12.6 Å². The number of carbonyl (C=O) groups excluding carboxylic acids is 1. The lowest BCUT2D eigenvalue weighted by molar-refractivity contribution is 0.148. The number of urea groups is 1. The van der Waals surface area contributed by atoms with Crippen LogP contribution in [0.1, 0.15) is 25.8 Å². The van der Waals surface area contributed by atoms with Gasteiger partial charge in [0.2, 0.25) is 0 Å². The number of carbonyl (C=O) groups is 1. The van der Waals surface area contributed by atoms with Crippen LogP contribution in [0.4, 0.5) is 10.5 Å². The molecule has 7 nitrogen and oxygen atoms in total. The fraction of sp³-hybridized carbons (Fsp3) is 0.438. The Labute approximate surface area is 135 Å². The fourth-order valence-corrected chi connectivity index (χ4v) is 2.27. The van der Waals surface area contributed by atoms with Crippen LogP contribution >= 0.6 is 0 Å². The van der Waals surface area contributed by atoms with Gasteiger partial charge in [-0.3, -0.25) is 0 Å². The van der Waals surface area contributed by atoms with Crippen LogP contribution in [0.2, 0.25) is 0 Å². The monoisotopic (exact) mass is 317 g/mol. The molecule has 0 radical (unpaired) electrons. The Morgan fingerprint density at radius 3 is 2.83 bits per heavy atom. The van der Waals surface area contributed by atoms with Crippen molar-refractivity contribution in [1.29, 1.82) is 0 Å². The van der Waals surface area contributed by atoms with Gasteiger partial charge >= 0.3 is 6.03 Å². The Balaban J connectivity index is 1.90. The van der Waals surface area contributed by atoms with Crippen LogP contribution in [0.5, 0.6) is 0 Å². The maximum atomic E-state index is 12.0. The molecule has 1 aromatic carbocycles. The number of anilines is 1. The molecule has 1 heterocycles. The van der Waals surface area contributed by atoms with Crippen molar-refractivity contribution in [3.05, 3.63) is 42.5 Å². The summed E-state index contributed by atoms with van der Waals surface area (Å²) in [7, 11) is 0. The summed E-state index contributed by atoms with van der Waals surface area (Å²) in [6, 6.07) is 7.18. The number of aliphatic hydroxyl groups is 1. The van der Waals surface area contributed by atoms with Gasteiger partial charge in [-0.15, -0.1) is 0 Å². The Bertz CT molecular complexity index is 613. The molecule has 1 aromatic heterocycles. The van der Waals surface area contributed by atoms with Crippen molar-refractivity contribution in [3.8, 4) is 0 Å². The Morgan fingerprint density at radius 1 is 1.35 bits per heavy atom. The Hall–Kier alpha value is -2.41. The maximum Gasteiger partial charge on any atom is 0.319 e. The van der Waals surface area contributed by atoms with Gasteiger partial charge in [0.1, 0.15) is 12.7 Å². The van der Waals surface area contributed by atoms with Crippen LogP contribution in [0.15, 0.2) is 36.9 Å². The number of nitrogens with one attached hydrogen (secondary N) is 2. The van der Waals surface area contributed by atoms with E-state index in [1.165, 1.54) is 6.33 Å². The van der Waals surface area contributed by atoms with Crippen LogP contribution in [-0.4, -0.2) is 38.6 Å². The zero-order valence-electron chi connectivity index (χ0n) is 13.4. The quantitative estimate of drug-likeness (QED) is 0.727. The van der Waals surface area contributed by atoms with Crippen LogP contribution in [-0.2, 0) is 6.54 Å². The zero-order valence-corrected chi connectivity index (χ0v) is 13.4. The summed E-state index contributed by atoms with van der Waals surface area (Å²) < 4.78 is 1.69. The number of hydrogen-bond donors (Lipinski definition) is 3. The first-order valence-corrected chi connectivity index (χ1v) is 7.68. The van der Waals surface area contributed by atoms with Gasteiger partial charge in [-0.25, -0.2) is 14.5 Å². The Kier molecular flexibility index (Phi) is 6.10. The van der Waals surface area contributed by atoms with Gasteiger partial charge in [0.25, 0.3) is 0 Å². The average Bonchev–Trinajstić information content (AvgIpc) is 2.99. The van der Waals surface area contributed by atoms with Crippen molar-refractivity contribution in [3.63, 3.8) is 0 Å². The molecule has 2 amide bonds. The van der Waals surface area contributed by atoms with Crippen LogP contribution < -0.4 is 10.6 Å². The number of amides is 2. The molecule has 0 bridgehead atoms. The normalized spacial score (nSPS) is 12.2. The second-order valence-electron chi connectivity index (χ2n) is 5.87. The molecular weight excluding hydrogens is 294 g/mol. The van der Waals surface area contributed by atoms with Gasteiger partial charge in [-0.2, -0.15) is 5.10 Å². The maximum absolute atomic E-state index is 12.0. The van der Waals surface area contributed by atoms with E-state index in [2.05, 4.69) is 20.7 Å². The minimum absolute atomic E-state index is 0.231. The fourth-order valence-electron chi connectivity index (χ4n) is 2.27. The van der Waals surface area contributed by atoms with E-state index in [1.807, 2.05) is 38.1 Å². The predicted molar refractivity (Wildman–Crippen MR) is 88.0 cm³/mol. The van der Waals surface area contributed by atoms with Crippen molar-refractivity contribution in [2.75, 3.05) is 11.9 Å². The predicted octanol–water partition coefficient (Wildman–Crippen LogP) is 1.85. The summed E-state index contributed by atoms with van der Waals surface area (Å²) in [5.74, 6) is 0.387. The summed E-state index contributed by atoms with van der Waals surface area (Å²) in [5.41, 5.74) is 1.63. The standard InChI is InChI=1S/C16H23N5O2/c1-12(2)7-14(22)8-18-16(23)20-15-6-4-3-5-13(15)9-21-11-17-10-19-21/h3-6,10-12,14,22H,7-9H2,1-2H3,(H2,18,20,23). The molecule has 2 aromatic rings. The van der Waals surface area contributed by atoms with E-state index in [0.717, 1.165) is 5.56 Å². The lowest BCUT2D eigenvalue weighted by Gasteiger charge is -2.15. The highest BCUT2D eigenvalue weighted by Gasteiger charge is 2.10. The molecule has 0 saturated heterocycles. The lowest BCUT2D eigenvalue weighted by Crippen LogP contribution is -2.36. The molecule has 7 heteroatoms. The van der Waals surface area contributed by atoms with E-state index in [1.54, 1.807) is 11.0 Å². The Morgan fingerprint density at radius 2 is 2.13 bits per heavy atom. The second kappa shape index (κ2) is 8.28. The molecule has 1 unspecified atom stereocenters. The first kappa shape index (κ1) is 17.0. The number of aliphatic hydroxyl groups excluding tert-OH is 1. The molecule has 3 N–H and O–H groups in total. The number of aromatic nitrogens is 3. The summed E-state index contributed by atoms with van der Waals surface area (Å²) >= 11 is 0. The molecular formula is C16H23N5O2. The summed E-state index contributed by atoms with van der Waals surface area (Å²) in [4.78, 5) is 15.9. The number of hydrogen-bond acceptors (Lipinski definition) is 4. The van der Waals surface area contributed by atoms with Crippen LogP contribution in [0.25, 0.3) is 0 Å². The first-order valence-electron chi connectivity index (χ1n) is 7.68. The largest absolute Gasteiger partial charge is 0.391 e. The van der Waals surface area contributed by atoms with Gasteiger partial charge in [-0.05, 0) is 24.0 Å². The summed E-state index contributed by atoms with van der Waals surface area (Å²) in [6.45, 7) is 4.81. The molecule has 0 fully saturated rings. The van der Waals surface area contributed by atoms with Gasteiger partial charge in [-0.1, -0.05) is 32.0 Å². The molecule has 124 valence electrons. The summed E-state index contributed by atoms with van der Waals surface area (Å²) in [6.07, 6.45) is 3.22. The highest BCUT2D eigenvalue weighted by molar-refractivity contribution is 5.90. The third-order valence-electron chi connectivity index (χ3n) is 3.31. The molecule has 0 spiro atoms. The van der Waals surface area contributed by atoms with E-state index in [0.29, 0.717) is 24.6 Å². The van der Waals surface area contributed by atoms with E-state index in [-0.39, 0.29) is 12.6 Å². The van der Waals surface area contributed by atoms with Crippen molar-refractivity contribution >= 4 is 11.7 Å². The molecule has 2 rings (SSSR count). The highest BCUT2D eigenvalue weighted by Crippen LogP contribution is 2.15. The van der Waals surface area contributed by atoms with E-state index in [4.69, 9.17) is 0 Å². The van der Waals surface area contributed by atoms with Crippen molar-refractivity contribution in [1.82, 2.24) is 20.1 Å². The number of benzene rings is 1. The van der Waals surface area contributed by atoms with Crippen LogP contribution in [0.3, 0.4) is 0 Å². The summed E-state index contributed by atoms with van der Waals surface area (Å²) in [5, 5.41) is 19.4. The number of rotatable bonds is 7. The molecule has 0 aliphatic carbocycles. The molecule has 23 heavy (non-hydrogen) atoms. The smallest absolute Gasteiger partial charge is 0.319 e. The topological polar surface area (TPSA) is 92.1 Å². The van der Waals surface area contributed by atoms with Gasteiger partial charge in [0.15, 0.2) is 0 Å².